The third-order valence-electron chi connectivity index (χ3n) is 2.00. The van der Waals surface area contributed by atoms with Gasteiger partial charge in [-0.2, -0.15) is 11.3 Å². The molecule has 0 saturated heterocycles. The van der Waals surface area contributed by atoms with Crippen molar-refractivity contribution in [3.63, 3.8) is 0 Å². The van der Waals surface area contributed by atoms with E-state index in [0.29, 0.717) is 5.82 Å². The van der Waals surface area contributed by atoms with Gasteiger partial charge in [0, 0.05) is 22.5 Å². The van der Waals surface area contributed by atoms with E-state index in [1.54, 1.807) is 17.5 Å². The molecule has 2 aromatic rings. The molecule has 0 unspecified atom stereocenters. The lowest BCUT2D eigenvalue weighted by Gasteiger charge is -2.02. The van der Waals surface area contributed by atoms with Crippen molar-refractivity contribution in [2.75, 3.05) is 5.73 Å². The van der Waals surface area contributed by atoms with E-state index in [1.807, 2.05) is 12.1 Å². The maximum Gasteiger partial charge on any atom is 0.126 e. The number of thiophene rings is 1. The minimum Gasteiger partial charge on any atom is -0.383 e. The molecule has 0 aliphatic carbocycles. The van der Waals surface area contributed by atoms with Crippen LogP contribution in [0.15, 0.2) is 33.6 Å². The van der Waals surface area contributed by atoms with Crippen LogP contribution in [0.5, 0.6) is 0 Å². The Morgan fingerprint density at radius 3 is 2.86 bits per heavy atom. The van der Waals surface area contributed by atoms with Gasteiger partial charge in [-0.3, -0.25) is 0 Å². The monoisotopic (exact) mass is 268 g/mol. The Balaban J connectivity index is 2.28. The Morgan fingerprint density at radius 2 is 2.21 bits per heavy atom. The minimum absolute atomic E-state index is 0.616. The Labute approximate surface area is 94.9 Å². The summed E-state index contributed by atoms with van der Waals surface area (Å²) in [6.45, 7) is 0. The molecule has 14 heavy (non-hydrogen) atoms. The van der Waals surface area contributed by atoms with Crippen molar-refractivity contribution < 1.29 is 0 Å². The third-order valence-corrected chi connectivity index (χ3v) is 3.83. The van der Waals surface area contributed by atoms with Crippen molar-refractivity contribution in [1.29, 1.82) is 0 Å². The predicted molar refractivity (Wildman–Crippen MR) is 63.5 cm³/mol. The highest BCUT2D eigenvalue weighted by Crippen LogP contribution is 2.25. The van der Waals surface area contributed by atoms with Gasteiger partial charge in [-0.1, -0.05) is 6.07 Å². The summed E-state index contributed by atoms with van der Waals surface area (Å²) in [5.74, 6) is 0.616. The summed E-state index contributed by atoms with van der Waals surface area (Å²) in [5.41, 5.74) is 8.10. The van der Waals surface area contributed by atoms with Crippen molar-refractivity contribution in [3.8, 4) is 0 Å². The zero-order valence-corrected chi connectivity index (χ0v) is 9.81. The molecule has 0 aromatic carbocycles. The van der Waals surface area contributed by atoms with Crippen molar-refractivity contribution in [2.24, 2.45) is 0 Å². The second-order valence-electron chi connectivity index (χ2n) is 2.97. The molecule has 0 amide bonds. The number of aromatic nitrogens is 1. The van der Waals surface area contributed by atoms with Gasteiger partial charge in [0.25, 0.3) is 0 Å². The van der Waals surface area contributed by atoms with Crippen LogP contribution in [0.3, 0.4) is 0 Å². The van der Waals surface area contributed by atoms with E-state index >= 15 is 0 Å². The second kappa shape index (κ2) is 4.11. The van der Waals surface area contributed by atoms with E-state index < -0.39 is 0 Å². The van der Waals surface area contributed by atoms with E-state index in [1.165, 1.54) is 5.56 Å². The molecule has 0 radical (unpaired) electrons. The van der Waals surface area contributed by atoms with Crippen LogP contribution in [0.25, 0.3) is 0 Å². The van der Waals surface area contributed by atoms with E-state index in [-0.39, 0.29) is 0 Å². The van der Waals surface area contributed by atoms with Crippen LogP contribution in [-0.4, -0.2) is 4.98 Å². The zero-order valence-electron chi connectivity index (χ0n) is 7.40. The van der Waals surface area contributed by atoms with Gasteiger partial charge >= 0.3 is 0 Å². The molecule has 2 rings (SSSR count). The first-order chi connectivity index (χ1) is 6.77. The fourth-order valence-electron chi connectivity index (χ4n) is 1.24. The summed E-state index contributed by atoms with van der Waals surface area (Å²) in [7, 11) is 0. The molecule has 4 heteroatoms. The molecule has 0 bridgehead atoms. The molecule has 0 aliphatic heterocycles. The van der Waals surface area contributed by atoms with Crippen LogP contribution in [0, 0.1) is 0 Å². The highest BCUT2D eigenvalue weighted by molar-refractivity contribution is 9.10. The average Bonchev–Trinajstić information content (AvgIpc) is 2.56. The van der Waals surface area contributed by atoms with Crippen molar-refractivity contribution in [1.82, 2.24) is 4.98 Å². The Morgan fingerprint density at radius 1 is 1.36 bits per heavy atom. The number of nitrogen functional groups attached to an aromatic ring is 1. The summed E-state index contributed by atoms with van der Waals surface area (Å²) in [6.07, 6.45) is 2.55. The molecule has 0 fully saturated rings. The maximum absolute atomic E-state index is 5.76. The van der Waals surface area contributed by atoms with Crippen LogP contribution in [0.2, 0.25) is 0 Å². The number of halogens is 1. The van der Waals surface area contributed by atoms with Gasteiger partial charge in [0.1, 0.15) is 5.82 Å². The molecule has 0 saturated carbocycles. The molecule has 2 heterocycles. The fraction of sp³-hybridized carbons (Fsp3) is 0.100. The second-order valence-corrected chi connectivity index (χ2v) is 4.57. The van der Waals surface area contributed by atoms with Crippen molar-refractivity contribution in [2.45, 2.75) is 6.42 Å². The lowest BCUT2D eigenvalue weighted by atomic mass is 10.1. The van der Waals surface area contributed by atoms with Crippen LogP contribution < -0.4 is 5.73 Å². The molecule has 0 aliphatic rings. The quantitative estimate of drug-likeness (QED) is 0.909. The van der Waals surface area contributed by atoms with Crippen LogP contribution >= 0.6 is 27.3 Å². The maximum atomic E-state index is 5.76. The van der Waals surface area contributed by atoms with Crippen molar-refractivity contribution >= 4 is 33.1 Å². The van der Waals surface area contributed by atoms with Gasteiger partial charge in [-0.05, 0) is 38.5 Å². The highest BCUT2D eigenvalue weighted by atomic mass is 79.9. The SMILES string of the molecule is Nc1ncccc1Cc1cscc1Br. The zero-order chi connectivity index (χ0) is 9.97. The summed E-state index contributed by atoms with van der Waals surface area (Å²) < 4.78 is 1.14. The first kappa shape index (κ1) is 9.68. The molecular weight excluding hydrogens is 260 g/mol. The van der Waals surface area contributed by atoms with Gasteiger partial charge in [-0.25, -0.2) is 4.98 Å². The summed E-state index contributed by atoms with van der Waals surface area (Å²) >= 11 is 5.18. The van der Waals surface area contributed by atoms with E-state index in [2.05, 4.69) is 31.7 Å². The van der Waals surface area contributed by atoms with E-state index in [0.717, 1.165) is 16.5 Å². The third kappa shape index (κ3) is 1.96. The van der Waals surface area contributed by atoms with Crippen molar-refractivity contribution in [3.05, 3.63) is 44.7 Å². The predicted octanol–water partition coefficient (Wildman–Crippen LogP) is 3.08. The number of anilines is 1. The Hall–Kier alpha value is -0.870. The largest absolute Gasteiger partial charge is 0.383 e. The topological polar surface area (TPSA) is 38.9 Å². The average molecular weight is 269 g/mol. The van der Waals surface area contributed by atoms with Gasteiger partial charge in [0.05, 0.1) is 0 Å². The fourth-order valence-corrected chi connectivity index (χ4v) is 2.68. The normalized spacial score (nSPS) is 10.4. The molecule has 2 aromatic heterocycles. The van der Waals surface area contributed by atoms with Crippen LogP contribution in [0.4, 0.5) is 5.82 Å². The lowest BCUT2D eigenvalue weighted by Crippen LogP contribution is -1.97. The first-order valence-electron chi connectivity index (χ1n) is 4.17. The Bertz CT molecular complexity index is 439. The number of hydrogen-bond donors (Lipinski definition) is 1. The van der Waals surface area contributed by atoms with E-state index in [9.17, 15) is 0 Å². The smallest absolute Gasteiger partial charge is 0.126 e. The summed E-state index contributed by atoms with van der Waals surface area (Å²) in [4.78, 5) is 4.06. The van der Waals surface area contributed by atoms with Gasteiger partial charge in [-0.15, -0.1) is 0 Å². The first-order valence-corrected chi connectivity index (χ1v) is 5.91. The van der Waals surface area contributed by atoms with E-state index in [4.69, 9.17) is 5.73 Å². The van der Waals surface area contributed by atoms with Crippen LogP contribution in [-0.2, 0) is 6.42 Å². The summed E-state index contributed by atoms with van der Waals surface area (Å²) in [5, 5.41) is 4.19. The lowest BCUT2D eigenvalue weighted by molar-refractivity contribution is 1.16. The number of pyridine rings is 1. The molecule has 2 nitrogen and oxygen atoms in total. The molecule has 0 atom stereocenters. The van der Waals surface area contributed by atoms with Crippen LogP contribution in [0.1, 0.15) is 11.1 Å². The molecule has 72 valence electrons. The minimum atomic E-state index is 0.616. The number of nitrogens with two attached hydrogens (primary N) is 1. The van der Waals surface area contributed by atoms with Gasteiger partial charge in [0.15, 0.2) is 0 Å². The Kier molecular flexibility index (Phi) is 2.84. The van der Waals surface area contributed by atoms with Gasteiger partial charge in [0.2, 0.25) is 0 Å². The standard InChI is InChI=1S/C10H9BrN2S/c11-9-6-14-5-8(9)4-7-2-1-3-13-10(7)12/h1-3,5-6H,4H2,(H2,12,13). The molecule has 2 N–H and O–H groups in total. The summed E-state index contributed by atoms with van der Waals surface area (Å²) in [6, 6.07) is 3.92. The van der Waals surface area contributed by atoms with Gasteiger partial charge < -0.3 is 5.73 Å². The highest BCUT2D eigenvalue weighted by Gasteiger charge is 2.04. The number of hydrogen-bond acceptors (Lipinski definition) is 3. The number of rotatable bonds is 2. The number of nitrogens with zero attached hydrogens (tertiary/aromatic N) is 1. The molecular formula is C10H9BrN2S. The molecule has 0 spiro atoms.